The number of carbonyl (C=O) groups is 3. The van der Waals surface area contributed by atoms with Gasteiger partial charge in [-0.05, 0) is 12.0 Å². The highest BCUT2D eigenvalue weighted by molar-refractivity contribution is 5.89. The van der Waals surface area contributed by atoms with Crippen molar-refractivity contribution in [1.82, 2.24) is 16.0 Å². The van der Waals surface area contributed by atoms with Crippen LogP contribution >= 0.6 is 12.4 Å². The van der Waals surface area contributed by atoms with E-state index in [0.717, 1.165) is 0 Å². The number of carbonyl (C=O) groups excluding carboxylic acids is 2. The lowest BCUT2D eigenvalue weighted by Gasteiger charge is -2.19. The highest BCUT2D eigenvalue weighted by Gasteiger charge is 2.22. The van der Waals surface area contributed by atoms with Crippen molar-refractivity contribution in [1.29, 1.82) is 0 Å². The number of likely N-dealkylation sites (N-methyl/N-ethyl adjacent to an activating group) is 1. The van der Waals surface area contributed by atoms with Crippen LogP contribution in [-0.4, -0.2) is 42.5 Å². The molecule has 134 valence electrons. The maximum absolute atomic E-state index is 12.0. The summed E-state index contributed by atoms with van der Waals surface area (Å²) < 4.78 is 0. The van der Waals surface area contributed by atoms with Crippen molar-refractivity contribution >= 4 is 30.2 Å². The van der Waals surface area contributed by atoms with Crippen molar-refractivity contribution in [3.05, 3.63) is 35.9 Å². The highest BCUT2D eigenvalue weighted by Crippen LogP contribution is 2.12. The normalized spacial score (nSPS) is 12.4. The number of hydrogen-bond donors (Lipinski definition) is 4. The number of carboxylic acid groups (broad SMARTS) is 1. The zero-order valence-electron chi connectivity index (χ0n) is 13.7. The Bertz CT molecular complexity index is 539. The lowest BCUT2D eigenvalue weighted by molar-refractivity contribution is -0.139. The fourth-order valence-electron chi connectivity index (χ4n) is 2.12. The molecule has 7 nitrogen and oxygen atoms in total. The topological polar surface area (TPSA) is 108 Å². The molecule has 0 heterocycles. The first-order valence-electron chi connectivity index (χ1n) is 7.51. The minimum atomic E-state index is -0.995. The van der Waals surface area contributed by atoms with Gasteiger partial charge in [0.15, 0.2) is 0 Å². The summed E-state index contributed by atoms with van der Waals surface area (Å²) >= 11 is 0. The molecule has 2 amide bonds. The summed E-state index contributed by atoms with van der Waals surface area (Å²) in [6.07, 6.45) is 1.12. The number of aliphatic carboxylic acids is 1. The van der Waals surface area contributed by atoms with Gasteiger partial charge in [0.2, 0.25) is 11.8 Å². The smallest absolute Gasteiger partial charge is 0.320 e. The van der Waals surface area contributed by atoms with Gasteiger partial charge >= 0.3 is 5.97 Å². The molecule has 1 aromatic rings. The summed E-state index contributed by atoms with van der Waals surface area (Å²) in [5.41, 5.74) is 0.656. The predicted molar refractivity (Wildman–Crippen MR) is 93.0 cm³/mol. The number of nitrogens with one attached hydrogen (secondary N) is 3. The number of halogens is 1. The molecule has 2 atom stereocenters. The van der Waals surface area contributed by atoms with E-state index < -0.39 is 24.0 Å². The summed E-state index contributed by atoms with van der Waals surface area (Å²) in [4.78, 5) is 35.0. The molecule has 0 spiro atoms. The molecule has 0 aliphatic rings. The molecule has 24 heavy (non-hydrogen) atoms. The van der Waals surface area contributed by atoms with Crippen molar-refractivity contribution in [2.75, 3.05) is 13.6 Å². The summed E-state index contributed by atoms with van der Waals surface area (Å²) in [5.74, 6) is -1.77. The highest BCUT2D eigenvalue weighted by atomic mass is 35.5. The fourth-order valence-corrected chi connectivity index (χ4v) is 2.12. The third kappa shape index (κ3) is 6.97. The van der Waals surface area contributed by atoms with Gasteiger partial charge in [-0.1, -0.05) is 43.7 Å². The lowest BCUT2D eigenvalue weighted by atomic mass is 10.1. The molecule has 1 rings (SSSR count). The Morgan fingerprint density at radius 1 is 1.17 bits per heavy atom. The number of benzene rings is 1. The lowest BCUT2D eigenvalue weighted by Crippen LogP contribution is -2.46. The molecule has 0 radical (unpaired) electrons. The van der Waals surface area contributed by atoms with Crippen LogP contribution in [-0.2, 0) is 14.4 Å². The average Bonchev–Trinajstić information content (AvgIpc) is 2.56. The van der Waals surface area contributed by atoms with Gasteiger partial charge in [-0.25, -0.2) is 0 Å². The monoisotopic (exact) mass is 357 g/mol. The first-order chi connectivity index (χ1) is 11.0. The van der Waals surface area contributed by atoms with Gasteiger partial charge in [0.1, 0.15) is 12.1 Å². The molecule has 0 aromatic heterocycles. The van der Waals surface area contributed by atoms with Crippen molar-refractivity contribution in [3.63, 3.8) is 0 Å². The zero-order chi connectivity index (χ0) is 17.2. The van der Waals surface area contributed by atoms with Crippen molar-refractivity contribution < 1.29 is 19.5 Å². The maximum atomic E-state index is 12.0. The Balaban J connectivity index is 0.00000529. The van der Waals surface area contributed by atoms with E-state index in [2.05, 4.69) is 16.0 Å². The van der Waals surface area contributed by atoms with Gasteiger partial charge in [-0.3, -0.25) is 19.7 Å². The van der Waals surface area contributed by atoms with Crippen LogP contribution in [0, 0.1) is 0 Å². The molecule has 0 saturated heterocycles. The van der Waals surface area contributed by atoms with Crippen LogP contribution in [0.3, 0.4) is 0 Å². The Kier molecular flexibility index (Phi) is 10.4. The second-order valence-corrected chi connectivity index (χ2v) is 5.09. The Labute approximate surface area is 147 Å². The molecule has 0 saturated carbocycles. The summed E-state index contributed by atoms with van der Waals surface area (Å²) in [7, 11) is 1.49. The van der Waals surface area contributed by atoms with E-state index in [0.29, 0.717) is 18.4 Å². The molecular weight excluding hydrogens is 334 g/mol. The van der Waals surface area contributed by atoms with Crippen LogP contribution < -0.4 is 16.0 Å². The Morgan fingerprint density at radius 2 is 1.79 bits per heavy atom. The zero-order valence-corrected chi connectivity index (χ0v) is 14.6. The van der Waals surface area contributed by atoms with Gasteiger partial charge in [0, 0.05) is 7.05 Å². The van der Waals surface area contributed by atoms with Gasteiger partial charge < -0.3 is 15.7 Å². The second-order valence-electron chi connectivity index (χ2n) is 5.09. The number of rotatable bonds is 9. The van der Waals surface area contributed by atoms with Gasteiger partial charge in [0.25, 0.3) is 0 Å². The first-order valence-corrected chi connectivity index (χ1v) is 7.51. The maximum Gasteiger partial charge on any atom is 0.320 e. The van der Waals surface area contributed by atoms with E-state index in [1.54, 1.807) is 24.3 Å². The quantitative estimate of drug-likeness (QED) is 0.524. The first kappa shape index (κ1) is 21.9. The van der Waals surface area contributed by atoms with E-state index >= 15 is 0 Å². The molecule has 4 N–H and O–H groups in total. The molecule has 0 aliphatic carbocycles. The van der Waals surface area contributed by atoms with Crippen molar-refractivity contribution in [2.45, 2.75) is 31.8 Å². The standard InChI is InChI=1S/C16H23N3O4.ClH/c1-3-7-12(16(22)23)18-10-13(20)19-14(15(21)17-2)11-8-5-4-6-9-11;/h4-6,8-9,12,14,18H,3,7,10H2,1-2H3,(H,17,21)(H,19,20)(H,22,23);1H. The van der Waals surface area contributed by atoms with E-state index in [1.165, 1.54) is 7.05 Å². The Morgan fingerprint density at radius 3 is 2.29 bits per heavy atom. The van der Waals surface area contributed by atoms with Crippen LogP contribution in [0.15, 0.2) is 30.3 Å². The molecule has 0 aliphatic heterocycles. The molecule has 2 unspecified atom stereocenters. The van der Waals surface area contributed by atoms with Crippen LogP contribution in [0.4, 0.5) is 0 Å². The fraction of sp³-hybridized carbons (Fsp3) is 0.438. The van der Waals surface area contributed by atoms with Crippen molar-refractivity contribution in [3.8, 4) is 0 Å². The van der Waals surface area contributed by atoms with Crippen LogP contribution in [0.2, 0.25) is 0 Å². The average molecular weight is 358 g/mol. The van der Waals surface area contributed by atoms with Crippen LogP contribution in [0.1, 0.15) is 31.4 Å². The summed E-state index contributed by atoms with van der Waals surface area (Å²) in [5, 5.41) is 16.9. The van der Waals surface area contributed by atoms with Crippen molar-refractivity contribution in [2.24, 2.45) is 0 Å². The number of carboxylic acids is 1. The van der Waals surface area contributed by atoms with Crippen LogP contribution in [0.5, 0.6) is 0 Å². The third-order valence-electron chi connectivity index (χ3n) is 3.33. The molecule has 1 aromatic carbocycles. The summed E-state index contributed by atoms with van der Waals surface area (Å²) in [6, 6.07) is 7.26. The van der Waals surface area contributed by atoms with Gasteiger partial charge in [-0.2, -0.15) is 0 Å². The van der Waals surface area contributed by atoms with E-state index in [4.69, 9.17) is 5.11 Å². The molecule has 0 fully saturated rings. The molecule has 8 heteroatoms. The minimum absolute atomic E-state index is 0. The summed E-state index contributed by atoms with van der Waals surface area (Å²) in [6.45, 7) is 1.70. The number of amides is 2. The van der Waals surface area contributed by atoms with Crippen LogP contribution in [0.25, 0.3) is 0 Å². The number of hydrogen-bond acceptors (Lipinski definition) is 4. The van der Waals surface area contributed by atoms with Gasteiger partial charge in [0.05, 0.1) is 6.54 Å². The Hall–Kier alpha value is -2.12. The van der Waals surface area contributed by atoms with E-state index in [9.17, 15) is 14.4 Å². The molecule has 0 bridgehead atoms. The molecular formula is C16H24ClN3O4. The van der Waals surface area contributed by atoms with Gasteiger partial charge in [-0.15, -0.1) is 12.4 Å². The predicted octanol–water partition coefficient (Wildman–Crippen LogP) is 0.855. The second kappa shape index (κ2) is 11.4. The minimum Gasteiger partial charge on any atom is -0.480 e. The van der Waals surface area contributed by atoms with E-state index in [-0.39, 0.29) is 24.9 Å². The third-order valence-corrected chi connectivity index (χ3v) is 3.33. The largest absolute Gasteiger partial charge is 0.480 e. The van der Waals surface area contributed by atoms with E-state index in [1.807, 2.05) is 13.0 Å². The SMILES string of the molecule is CCCC(NCC(=O)NC(C(=O)NC)c1ccccc1)C(=O)O.Cl.